The molecule has 3 N–H and O–H groups in total. The Labute approximate surface area is 197 Å². The van der Waals surface area contributed by atoms with Crippen molar-refractivity contribution < 1.29 is 4.79 Å². The number of anilines is 5. The molecule has 0 radical (unpaired) electrons. The summed E-state index contributed by atoms with van der Waals surface area (Å²) in [5.41, 5.74) is 6.95. The molecule has 34 heavy (non-hydrogen) atoms. The number of aromatic nitrogens is 2. The lowest BCUT2D eigenvalue weighted by Crippen LogP contribution is -2.12. The molecule has 2 aromatic heterocycles. The second kappa shape index (κ2) is 9.42. The Morgan fingerprint density at radius 1 is 0.735 bits per heavy atom. The van der Waals surface area contributed by atoms with E-state index in [4.69, 9.17) is 0 Å². The molecule has 0 fully saturated rings. The standard InChI is InChI=1S/C28H23N5O/c1-19-18-30-26-8-3-2-7-25(26)27(19)32-24-6-4-5-20(17-24)28(34)33-22-11-9-21(10-12-22)31-23-13-15-29-16-14-23/h2-18H,1H3,(H,29,31)(H,30,32)(H,33,34). The molecule has 5 aromatic rings. The number of nitrogens with one attached hydrogen (secondary N) is 3. The minimum Gasteiger partial charge on any atom is -0.355 e. The van der Waals surface area contributed by atoms with Crippen molar-refractivity contribution >= 4 is 45.2 Å². The molecular formula is C28H23N5O. The third-order valence-electron chi connectivity index (χ3n) is 5.47. The number of amides is 1. The van der Waals surface area contributed by atoms with Gasteiger partial charge in [-0.25, -0.2) is 0 Å². The first-order chi connectivity index (χ1) is 16.7. The van der Waals surface area contributed by atoms with Crippen LogP contribution in [-0.2, 0) is 0 Å². The number of carbonyl (C=O) groups excluding carboxylic acids is 1. The van der Waals surface area contributed by atoms with E-state index in [1.54, 1.807) is 18.5 Å². The van der Waals surface area contributed by atoms with Crippen molar-refractivity contribution in [3.8, 4) is 0 Å². The third kappa shape index (κ3) is 4.71. The summed E-state index contributed by atoms with van der Waals surface area (Å²) in [5, 5.41) is 10.8. The molecule has 0 aliphatic heterocycles. The number of benzene rings is 3. The number of rotatable bonds is 6. The highest BCUT2D eigenvalue weighted by Gasteiger charge is 2.10. The van der Waals surface area contributed by atoms with Gasteiger partial charge in [-0.2, -0.15) is 0 Å². The first-order valence-electron chi connectivity index (χ1n) is 11.0. The van der Waals surface area contributed by atoms with Crippen molar-refractivity contribution in [3.05, 3.63) is 115 Å². The summed E-state index contributed by atoms with van der Waals surface area (Å²) in [6.07, 6.45) is 5.32. The first kappa shape index (κ1) is 21.2. The van der Waals surface area contributed by atoms with E-state index >= 15 is 0 Å². The van der Waals surface area contributed by atoms with Crippen LogP contribution in [0.25, 0.3) is 10.9 Å². The van der Waals surface area contributed by atoms with E-state index in [0.29, 0.717) is 5.56 Å². The Balaban J connectivity index is 1.30. The van der Waals surface area contributed by atoms with Crippen molar-refractivity contribution in [2.45, 2.75) is 6.92 Å². The quantitative estimate of drug-likeness (QED) is 0.272. The zero-order chi connectivity index (χ0) is 23.3. The van der Waals surface area contributed by atoms with Gasteiger partial charge in [-0.05, 0) is 73.2 Å². The minimum atomic E-state index is -0.171. The lowest BCUT2D eigenvalue weighted by Gasteiger charge is -2.14. The largest absolute Gasteiger partial charge is 0.355 e. The van der Waals surface area contributed by atoms with Gasteiger partial charge in [0.25, 0.3) is 5.91 Å². The van der Waals surface area contributed by atoms with Crippen molar-refractivity contribution in [2.24, 2.45) is 0 Å². The normalized spacial score (nSPS) is 10.6. The fraction of sp³-hybridized carbons (Fsp3) is 0.0357. The molecule has 0 bridgehead atoms. The van der Waals surface area contributed by atoms with Crippen molar-refractivity contribution in [3.63, 3.8) is 0 Å². The van der Waals surface area contributed by atoms with Crippen molar-refractivity contribution in [2.75, 3.05) is 16.0 Å². The zero-order valence-electron chi connectivity index (χ0n) is 18.6. The summed E-state index contributed by atoms with van der Waals surface area (Å²) in [7, 11) is 0. The first-order valence-corrected chi connectivity index (χ1v) is 11.0. The van der Waals surface area contributed by atoms with E-state index in [-0.39, 0.29) is 5.91 Å². The number of aryl methyl sites for hydroxylation is 1. The second-order valence-electron chi connectivity index (χ2n) is 7.93. The zero-order valence-corrected chi connectivity index (χ0v) is 18.6. The van der Waals surface area contributed by atoms with E-state index in [9.17, 15) is 4.79 Å². The summed E-state index contributed by atoms with van der Waals surface area (Å²) < 4.78 is 0. The van der Waals surface area contributed by atoms with Gasteiger partial charge in [-0.1, -0.05) is 24.3 Å². The van der Waals surface area contributed by atoms with Crippen LogP contribution < -0.4 is 16.0 Å². The fourth-order valence-electron chi connectivity index (χ4n) is 3.73. The van der Waals surface area contributed by atoms with Gasteiger partial charge < -0.3 is 16.0 Å². The summed E-state index contributed by atoms with van der Waals surface area (Å²) in [6, 6.07) is 26.9. The lowest BCUT2D eigenvalue weighted by atomic mass is 10.1. The van der Waals surface area contributed by atoms with Crippen LogP contribution in [-0.4, -0.2) is 15.9 Å². The molecule has 1 amide bonds. The molecule has 0 atom stereocenters. The molecule has 5 rings (SSSR count). The van der Waals surface area contributed by atoms with E-state index in [0.717, 1.165) is 44.9 Å². The Morgan fingerprint density at radius 2 is 1.47 bits per heavy atom. The lowest BCUT2D eigenvalue weighted by molar-refractivity contribution is 0.102. The van der Waals surface area contributed by atoms with E-state index in [2.05, 4.69) is 25.9 Å². The highest BCUT2D eigenvalue weighted by atomic mass is 16.1. The molecule has 166 valence electrons. The van der Waals surface area contributed by atoms with Crippen LogP contribution in [0.4, 0.5) is 28.4 Å². The number of carbonyl (C=O) groups is 1. The number of pyridine rings is 2. The van der Waals surface area contributed by atoms with Gasteiger partial charge in [-0.15, -0.1) is 0 Å². The molecule has 0 aliphatic rings. The van der Waals surface area contributed by atoms with Crippen LogP contribution in [0.2, 0.25) is 0 Å². The van der Waals surface area contributed by atoms with Gasteiger partial charge in [0, 0.05) is 52.3 Å². The molecule has 6 nitrogen and oxygen atoms in total. The molecule has 2 heterocycles. The fourth-order valence-corrected chi connectivity index (χ4v) is 3.73. The SMILES string of the molecule is Cc1cnc2ccccc2c1Nc1cccc(C(=O)Nc2ccc(Nc3ccncc3)cc2)c1. The number of hydrogen-bond acceptors (Lipinski definition) is 5. The van der Waals surface area contributed by atoms with E-state index in [1.165, 1.54) is 0 Å². The Bertz CT molecular complexity index is 1450. The Kier molecular flexibility index (Phi) is 5.86. The summed E-state index contributed by atoms with van der Waals surface area (Å²) in [5.74, 6) is -0.171. The Hall–Kier alpha value is -4.71. The van der Waals surface area contributed by atoms with Crippen LogP contribution in [0, 0.1) is 6.92 Å². The molecule has 0 saturated carbocycles. The van der Waals surface area contributed by atoms with Gasteiger partial charge >= 0.3 is 0 Å². The van der Waals surface area contributed by atoms with Gasteiger partial charge in [0.15, 0.2) is 0 Å². The average Bonchev–Trinajstić information content (AvgIpc) is 2.88. The number of fused-ring (bicyclic) bond motifs is 1. The van der Waals surface area contributed by atoms with Crippen LogP contribution in [0.5, 0.6) is 0 Å². The van der Waals surface area contributed by atoms with Crippen molar-refractivity contribution in [1.82, 2.24) is 9.97 Å². The van der Waals surface area contributed by atoms with Gasteiger partial charge in [-0.3, -0.25) is 14.8 Å². The highest BCUT2D eigenvalue weighted by molar-refractivity contribution is 6.05. The molecule has 3 aromatic carbocycles. The molecule has 0 unspecified atom stereocenters. The maximum atomic E-state index is 12.9. The third-order valence-corrected chi connectivity index (χ3v) is 5.47. The minimum absolute atomic E-state index is 0.171. The predicted molar refractivity (Wildman–Crippen MR) is 138 cm³/mol. The van der Waals surface area contributed by atoms with Gasteiger partial charge in [0.05, 0.1) is 11.2 Å². The van der Waals surface area contributed by atoms with E-state index in [1.807, 2.05) is 92.0 Å². The highest BCUT2D eigenvalue weighted by Crippen LogP contribution is 2.29. The smallest absolute Gasteiger partial charge is 0.255 e. The molecule has 6 heteroatoms. The number of para-hydroxylation sites is 1. The summed E-state index contributed by atoms with van der Waals surface area (Å²) >= 11 is 0. The van der Waals surface area contributed by atoms with Gasteiger partial charge in [0.1, 0.15) is 0 Å². The monoisotopic (exact) mass is 445 g/mol. The van der Waals surface area contributed by atoms with Crippen LogP contribution in [0.1, 0.15) is 15.9 Å². The van der Waals surface area contributed by atoms with Crippen LogP contribution in [0.15, 0.2) is 104 Å². The average molecular weight is 446 g/mol. The Morgan fingerprint density at radius 3 is 2.29 bits per heavy atom. The van der Waals surface area contributed by atoms with Gasteiger partial charge in [0.2, 0.25) is 0 Å². The summed E-state index contributed by atoms with van der Waals surface area (Å²) in [4.78, 5) is 21.4. The number of nitrogens with zero attached hydrogens (tertiary/aromatic N) is 2. The molecule has 0 spiro atoms. The number of hydrogen-bond donors (Lipinski definition) is 3. The van der Waals surface area contributed by atoms with Crippen LogP contribution >= 0.6 is 0 Å². The molecular weight excluding hydrogens is 422 g/mol. The molecule has 0 saturated heterocycles. The summed E-state index contributed by atoms with van der Waals surface area (Å²) in [6.45, 7) is 2.02. The van der Waals surface area contributed by atoms with E-state index < -0.39 is 0 Å². The van der Waals surface area contributed by atoms with Crippen LogP contribution in [0.3, 0.4) is 0 Å². The maximum absolute atomic E-state index is 12.9. The topological polar surface area (TPSA) is 78.9 Å². The molecule has 0 aliphatic carbocycles. The van der Waals surface area contributed by atoms with Crippen molar-refractivity contribution in [1.29, 1.82) is 0 Å². The maximum Gasteiger partial charge on any atom is 0.255 e. The second-order valence-corrected chi connectivity index (χ2v) is 7.93. The predicted octanol–water partition coefficient (Wildman–Crippen LogP) is 6.68.